The molecule has 2 N–H and O–H groups in total. The first-order valence-corrected chi connectivity index (χ1v) is 6.84. The van der Waals surface area contributed by atoms with Crippen LogP contribution in [0.4, 0.5) is 0 Å². The van der Waals surface area contributed by atoms with Gasteiger partial charge in [0, 0.05) is 19.1 Å². The molecule has 0 spiro atoms. The van der Waals surface area contributed by atoms with E-state index in [2.05, 4.69) is 0 Å². The SMILES string of the molecule is NC1CCC2CN(C(=O)c3ccccc3Cl)CC12. The van der Waals surface area contributed by atoms with Crippen LogP contribution in [0.5, 0.6) is 0 Å². The summed E-state index contributed by atoms with van der Waals surface area (Å²) in [4.78, 5) is 14.3. The van der Waals surface area contributed by atoms with Crippen LogP contribution < -0.4 is 5.73 Å². The second kappa shape index (κ2) is 4.56. The molecule has 1 amide bonds. The van der Waals surface area contributed by atoms with Crippen molar-refractivity contribution in [1.29, 1.82) is 0 Å². The molecule has 1 heterocycles. The standard InChI is InChI=1S/C14H17ClN2O/c15-12-4-2-1-3-10(12)14(18)17-7-9-5-6-13(16)11(9)8-17/h1-4,9,11,13H,5-8,16H2. The molecule has 0 radical (unpaired) electrons. The monoisotopic (exact) mass is 264 g/mol. The van der Waals surface area contributed by atoms with Gasteiger partial charge in [0.1, 0.15) is 0 Å². The van der Waals surface area contributed by atoms with Gasteiger partial charge in [-0.05, 0) is 36.8 Å². The second-order valence-corrected chi connectivity index (χ2v) is 5.76. The lowest BCUT2D eigenvalue weighted by atomic mass is 9.98. The summed E-state index contributed by atoms with van der Waals surface area (Å²) in [7, 11) is 0. The summed E-state index contributed by atoms with van der Waals surface area (Å²) in [5.74, 6) is 1.12. The normalized spacial score (nSPS) is 30.6. The number of carbonyl (C=O) groups excluding carboxylic acids is 1. The number of halogens is 1. The summed E-state index contributed by atoms with van der Waals surface area (Å²) in [6, 6.07) is 7.50. The van der Waals surface area contributed by atoms with E-state index in [0.717, 1.165) is 25.9 Å². The summed E-state index contributed by atoms with van der Waals surface area (Å²) in [6.07, 6.45) is 2.25. The van der Waals surface area contributed by atoms with Gasteiger partial charge >= 0.3 is 0 Å². The molecule has 1 aliphatic carbocycles. The minimum Gasteiger partial charge on any atom is -0.338 e. The van der Waals surface area contributed by atoms with Crippen molar-refractivity contribution in [1.82, 2.24) is 4.90 Å². The third-order valence-electron chi connectivity index (χ3n) is 4.30. The maximum Gasteiger partial charge on any atom is 0.255 e. The van der Waals surface area contributed by atoms with Crippen LogP contribution in [-0.2, 0) is 0 Å². The lowest BCUT2D eigenvalue weighted by Gasteiger charge is -2.19. The van der Waals surface area contributed by atoms with E-state index in [0.29, 0.717) is 22.4 Å². The van der Waals surface area contributed by atoms with Crippen molar-refractivity contribution in [3.8, 4) is 0 Å². The van der Waals surface area contributed by atoms with Gasteiger partial charge < -0.3 is 10.6 Å². The predicted molar refractivity (Wildman–Crippen MR) is 71.5 cm³/mol. The van der Waals surface area contributed by atoms with Crippen molar-refractivity contribution >= 4 is 17.5 Å². The molecule has 4 heteroatoms. The predicted octanol–water partition coefficient (Wildman–Crippen LogP) is 2.15. The van der Waals surface area contributed by atoms with E-state index < -0.39 is 0 Å². The van der Waals surface area contributed by atoms with Crippen LogP contribution in [-0.4, -0.2) is 29.9 Å². The molecule has 1 aromatic rings. The average molecular weight is 265 g/mol. The summed E-state index contributed by atoms with van der Waals surface area (Å²) in [5.41, 5.74) is 6.69. The van der Waals surface area contributed by atoms with E-state index in [1.807, 2.05) is 17.0 Å². The van der Waals surface area contributed by atoms with Gasteiger partial charge in [-0.2, -0.15) is 0 Å². The van der Waals surface area contributed by atoms with Gasteiger partial charge in [0.25, 0.3) is 5.91 Å². The van der Waals surface area contributed by atoms with Crippen LogP contribution in [0.25, 0.3) is 0 Å². The molecule has 0 aromatic heterocycles. The first-order chi connectivity index (χ1) is 8.66. The number of amides is 1. The Bertz CT molecular complexity index is 477. The third-order valence-corrected chi connectivity index (χ3v) is 4.63. The van der Waals surface area contributed by atoms with Crippen LogP contribution in [0.15, 0.2) is 24.3 Å². The van der Waals surface area contributed by atoms with Gasteiger partial charge in [0.2, 0.25) is 0 Å². The fraction of sp³-hybridized carbons (Fsp3) is 0.500. The summed E-state index contributed by atoms with van der Waals surface area (Å²) >= 11 is 6.07. The number of rotatable bonds is 1. The van der Waals surface area contributed by atoms with Crippen molar-refractivity contribution in [2.24, 2.45) is 17.6 Å². The third kappa shape index (κ3) is 1.91. The zero-order valence-electron chi connectivity index (χ0n) is 10.2. The molecular formula is C14H17ClN2O. The molecule has 96 valence electrons. The Morgan fingerprint density at radius 1 is 1.28 bits per heavy atom. The molecule has 2 aliphatic rings. The van der Waals surface area contributed by atoms with E-state index >= 15 is 0 Å². The van der Waals surface area contributed by atoms with Gasteiger partial charge in [-0.1, -0.05) is 23.7 Å². The largest absolute Gasteiger partial charge is 0.338 e. The number of fused-ring (bicyclic) bond motifs is 1. The van der Waals surface area contributed by atoms with Crippen molar-refractivity contribution in [3.63, 3.8) is 0 Å². The Labute approximate surface area is 112 Å². The van der Waals surface area contributed by atoms with E-state index in [1.165, 1.54) is 0 Å². The number of hydrogen-bond donors (Lipinski definition) is 1. The van der Waals surface area contributed by atoms with Gasteiger partial charge in [-0.25, -0.2) is 0 Å². The van der Waals surface area contributed by atoms with Gasteiger partial charge in [0.05, 0.1) is 10.6 Å². The number of carbonyl (C=O) groups is 1. The van der Waals surface area contributed by atoms with Crippen molar-refractivity contribution in [2.75, 3.05) is 13.1 Å². The molecule has 3 unspecified atom stereocenters. The second-order valence-electron chi connectivity index (χ2n) is 5.36. The fourth-order valence-corrected chi connectivity index (χ4v) is 3.49. The molecule has 3 atom stereocenters. The highest BCUT2D eigenvalue weighted by Crippen LogP contribution is 2.37. The maximum atomic E-state index is 12.4. The van der Waals surface area contributed by atoms with E-state index in [9.17, 15) is 4.79 Å². The van der Waals surface area contributed by atoms with Crippen molar-refractivity contribution < 1.29 is 4.79 Å². The number of nitrogens with zero attached hydrogens (tertiary/aromatic N) is 1. The zero-order chi connectivity index (χ0) is 12.7. The van der Waals surface area contributed by atoms with Crippen molar-refractivity contribution in [2.45, 2.75) is 18.9 Å². The smallest absolute Gasteiger partial charge is 0.255 e. The lowest BCUT2D eigenvalue weighted by Crippen LogP contribution is -2.33. The molecule has 1 saturated carbocycles. The van der Waals surface area contributed by atoms with Crippen LogP contribution in [0.2, 0.25) is 5.02 Å². The highest BCUT2D eigenvalue weighted by atomic mass is 35.5. The highest BCUT2D eigenvalue weighted by molar-refractivity contribution is 6.33. The Morgan fingerprint density at radius 2 is 2.06 bits per heavy atom. The molecule has 2 fully saturated rings. The molecule has 0 bridgehead atoms. The Kier molecular flexibility index (Phi) is 3.04. The lowest BCUT2D eigenvalue weighted by molar-refractivity contribution is 0.0780. The Hall–Kier alpha value is -1.06. The van der Waals surface area contributed by atoms with Crippen molar-refractivity contribution in [3.05, 3.63) is 34.9 Å². The molecule has 3 rings (SSSR count). The number of nitrogens with two attached hydrogens (primary N) is 1. The molecular weight excluding hydrogens is 248 g/mol. The van der Waals surface area contributed by atoms with Gasteiger partial charge in [0.15, 0.2) is 0 Å². The summed E-state index contributed by atoms with van der Waals surface area (Å²) in [5, 5.41) is 0.531. The number of hydrogen-bond acceptors (Lipinski definition) is 2. The minimum absolute atomic E-state index is 0.0437. The minimum atomic E-state index is 0.0437. The summed E-state index contributed by atoms with van der Waals surface area (Å²) < 4.78 is 0. The van der Waals surface area contributed by atoms with Gasteiger partial charge in [-0.15, -0.1) is 0 Å². The van der Waals surface area contributed by atoms with E-state index in [-0.39, 0.29) is 11.9 Å². The van der Waals surface area contributed by atoms with Crippen LogP contribution in [0.1, 0.15) is 23.2 Å². The average Bonchev–Trinajstić information content (AvgIpc) is 2.92. The van der Waals surface area contributed by atoms with Crippen LogP contribution in [0, 0.1) is 11.8 Å². The zero-order valence-corrected chi connectivity index (χ0v) is 10.9. The highest BCUT2D eigenvalue weighted by Gasteiger charge is 2.42. The maximum absolute atomic E-state index is 12.4. The quantitative estimate of drug-likeness (QED) is 0.845. The fourth-order valence-electron chi connectivity index (χ4n) is 3.28. The molecule has 1 saturated heterocycles. The first-order valence-electron chi connectivity index (χ1n) is 6.46. The Balaban J connectivity index is 1.78. The summed E-state index contributed by atoms with van der Waals surface area (Å²) in [6.45, 7) is 1.62. The molecule has 1 aliphatic heterocycles. The number of likely N-dealkylation sites (tertiary alicyclic amines) is 1. The van der Waals surface area contributed by atoms with E-state index in [1.54, 1.807) is 12.1 Å². The Morgan fingerprint density at radius 3 is 2.78 bits per heavy atom. The van der Waals surface area contributed by atoms with E-state index in [4.69, 9.17) is 17.3 Å². The molecule has 18 heavy (non-hydrogen) atoms. The first kappa shape index (κ1) is 12.0. The number of benzene rings is 1. The molecule has 3 nitrogen and oxygen atoms in total. The van der Waals surface area contributed by atoms with Crippen LogP contribution >= 0.6 is 11.6 Å². The van der Waals surface area contributed by atoms with Gasteiger partial charge in [-0.3, -0.25) is 4.79 Å². The molecule has 1 aromatic carbocycles. The van der Waals surface area contributed by atoms with Crippen LogP contribution in [0.3, 0.4) is 0 Å². The topological polar surface area (TPSA) is 46.3 Å².